The van der Waals surface area contributed by atoms with Crippen molar-refractivity contribution in [3.05, 3.63) is 35.6 Å². The summed E-state index contributed by atoms with van der Waals surface area (Å²) in [5, 5.41) is 0. The van der Waals surface area contributed by atoms with Gasteiger partial charge in [-0.2, -0.15) is 0 Å². The number of carbonyl (C=O) groups is 1. The lowest BCUT2D eigenvalue weighted by Gasteiger charge is -2.16. The molecule has 0 N–H and O–H groups in total. The van der Waals surface area contributed by atoms with Gasteiger partial charge in [0.25, 0.3) is 0 Å². The van der Waals surface area contributed by atoms with Gasteiger partial charge in [-0.15, -0.1) is 0 Å². The summed E-state index contributed by atoms with van der Waals surface area (Å²) < 4.78 is 18.7. The molecule has 0 aliphatic rings. The highest BCUT2D eigenvalue weighted by molar-refractivity contribution is 5.84. The fraction of sp³-hybridized carbons (Fsp3) is 0.500. The smallest absolute Gasteiger partial charge is 0.166 e. The Morgan fingerprint density at radius 2 is 2.12 bits per heavy atom. The van der Waals surface area contributed by atoms with E-state index < -0.39 is 6.10 Å². The third kappa shape index (κ3) is 4.27. The van der Waals surface area contributed by atoms with E-state index in [9.17, 15) is 9.18 Å². The van der Waals surface area contributed by atoms with Gasteiger partial charge >= 0.3 is 0 Å². The molecule has 1 unspecified atom stereocenters. The molecular weight excluding hydrogens is 219 g/mol. The molecule has 1 rings (SSSR count). The highest BCUT2D eigenvalue weighted by Crippen LogP contribution is 2.21. The third-order valence-corrected chi connectivity index (χ3v) is 2.43. The topological polar surface area (TPSA) is 26.3 Å². The molecule has 0 amide bonds. The first-order valence-corrected chi connectivity index (χ1v) is 6.08. The van der Waals surface area contributed by atoms with Crippen LogP contribution in [0.25, 0.3) is 0 Å². The minimum Gasteiger partial charge on any atom is -0.366 e. The largest absolute Gasteiger partial charge is 0.366 e. The Morgan fingerprint density at radius 1 is 1.35 bits per heavy atom. The van der Waals surface area contributed by atoms with Crippen molar-refractivity contribution in [2.45, 2.75) is 39.2 Å². The molecule has 94 valence electrons. The monoisotopic (exact) mass is 238 g/mol. The van der Waals surface area contributed by atoms with Crippen LogP contribution < -0.4 is 0 Å². The molecule has 1 aromatic carbocycles. The van der Waals surface area contributed by atoms with Crippen molar-refractivity contribution in [1.29, 1.82) is 0 Å². The van der Waals surface area contributed by atoms with Gasteiger partial charge in [-0.3, -0.25) is 4.79 Å². The highest BCUT2D eigenvalue weighted by atomic mass is 19.1. The van der Waals surface area contributed by atoms with E-state index in [1.807, 2.05) is 13.8 Å². The van der Waals surface area contributed by atoms with Crippen LogP contribution in [0.4, 0.5) is 4.39 Å². The third-order valence-electron chi connectivity index (χ3n) is 2.43. The predicted molar refractivity (Wildman–Crippen MR) is 65.3 cm³/mol. The lowest BCUT2D eigenvalue weighted by Crippen LogP contribution is -2.16. The molecule has 0 saturated heterocycles. The summed E-state index contributed by atoms with van der Waals surface area (Å²) in [4.78, 5) is 11.9. The van der Waals surface area contributed by atoms with Crippen LogP contribution in [0.3, 0.4) is 0 Å². The fourth-order valence-electron chi connectivity index (χ4n) is 1.66. The minimum absolute atomic E-state index is 0.0200. The number of Topliss-reactive ketones (excluding diaryl/α,β-unsaturated/α-hetero) is 1. The van der Waals surface area contributed by atoms with Gasteiger partial charge in [0.1, 0.15) is 11.9 Å². The molecule has 0 aliphatic heterocycles. The van der Waals surface area contributed by atoms with Crippen molar-refractivity contribution >= 4 is 5.78 Å². The number of benzene rings is 1. The van der Waals surface area contributed by atoms with Crippen molar-refractivity contribution in [1.82, 2.24) is 0 Å². The van der Waals surface area contributed by atoms with E-state index in [0.29, 0.717) is 18.6 Å². The SMILES string of the molecule is CCCOC(C(=O)CCC)c1cccc(F)c1. The van der Waals surface area contributed by atoms with Crippen LogP contribution in [0, 0.1) is 5.82 Å². The normalized spacial score (nSPS) is 12.4. The first kappa shape index (κ1) is 13.8. The summed E-state index contributed by atoms with van der Waals surface area (Å²) in [6.45, 7) is 4.43. The van der Waals surface area contributed by atoms with Crippen molar-refractivity contribution in [3.63, 3.8) is 0 Å². The molecule has 17 heavy (non-hydrogen) atoms. The molecule has 0 aromatic heterocycles. The second-order valence-corrected chi connectivity index (χ2v) is 4.02. The first-order chi connectivity index (χ1) is 8.19. The van der Waals surface area contributed by atoms with Crippen LogP contribution in [0.5, 0.6) is 0 Å². The summed E-state index contributed by atoms with van der Waals surface area (Å²) in [6, 6.07) is 6.07. The Bertz CT molecular complexity index is 363. The maximum absolute atomic E-state index is 13.1. The number of carbonyl (C=O) groups excluding carboxylic acids is 1. The molecule has 0 fully saturated rings. The molecule has 0 radical (unpaired) electrons. The van der Waals surface area contributed by atoms with E-state index in [1.165, 1.54) is 12.1 Å². The standard InChI is InChI=1S/C14H19FO2/c1-3-6-13(16)14(17-9-4-2)11-7-5-8-12(15)10-11/h5,7-8,10,14H,3-4,6,9H2,1-2H3. The van der Waals surface area contributed by atoms with Crippen LogP contribution in [0.2, 0.25) is 0 Å². The lowest BCUT2D eigenvalue weighted by molar-refractivity contribution is -0.131. The van der Waals surface area contributed by atoms with E-state index in [0.717, 1.165) is 12.8 Å². The van der Waals surface area contributed by atoms with E-state index in [-0.39, 0.29) is 11.6 Å². The lowest BCUT2D eigenvalue weighted by atomic mass is 10.0. The van der Waals surface area contributed by atoms with E-state index in [4.69, 9.17) is 4.74 Å². The number of ether oxygens (including phenoxy) is 1. The predicted octanol–water partition coefficient (Wildman–Crippen LogP) is 3.66. The average molecular weight is 238 g/mol. The van der Waals surface area contributed by atoms with E-state index in [2.05, 4.69) is 0 Å². The second-order valence-electron chi connectivity index (χ2n) is 4.02. The Kier molecular flexibility index (Phi) is 5.84. The maximum atomic E-state index is 13.1. The van der Waals surface area contributed by atoms with Gasteiger partial charge < -0.3 is 4.74 Å². The number of hydrogen-bond acceptors (Lipinski definition) is 2. The summed E-state index contributed by atoms with van der Waals surface area (Å²) in [6.07, 6.45) is 1.46. The Balaban J connectivity index is 2.85. The van der Waals surface area contributed by atoms with Crippen LogP contribution in [0.1, 0.15) is 44.8 Å². The van der Waals surface area contributed by atoms with Gasteiger partial charge in [0.15, 0.2) is 5.78 Å². The highest BCUT2D eigenvalue weighted by Gasteiger charge is 2.20. The molecule has 3 heteroatoms. The van der Waals surface area contributed by atoms with Crippen molar-refractivity contribution in [3.8, 4) is 0 Å². The van der Waals surface area contributed by atoms with E-state index >= 15 is 0 Å². The zero-order valence-corrected chi connectivity index (χ0v) is 10.4. The number of hydrogen-bond donors (Lipinski definition) is 0. The van der Waals surface area contributed by atoms with Crippen LogP contribution in [-0.2, 0) is 9.53 Å². The number of halogens is 1. The number of rotatable bonds is 7. The van der Waals surface area contributed by atoms with Crippen LogP contribution >= 0.6 is 0 Å². The molecule has 2 nitrogen and oxygen atoms in total. The summed E-state index contributed by atoms with van der Waals surface area (Å²) in [7, 11) is 0. The van der Waals surface area contributed by atoms with Gasteiger partial charge in [0, 0.05) is 13.0 Å². The van der Waals surface area contributed by atoms with Crippen LogP contribution in [-0.4, -0.2) is 12.4 Å². The zero-order valence-electron chi connectivity index (χ0n) is 10.4. The van der Waals surface area contributed by atoms with Crippen molar-refractivity contribution in [2.24, 2.45) is 0 Å². The van der Waals surface area contributed by atoms with Gasteiger partial charge in [0.2, 0.25) is 0 Å². The molecule has 0 aliphatic carbocycles. The molecule has 1 atom stereocenters. The van der Waals surface area contributed by atoms with E-state index in [1.54, 1.807) is 12.1 Å². The quantitative estimate of drug-likeness (QED) is 0.724. The summed E-state index contributed by atoms with van der Waals surface area (Å²) in [5.74, 6) is -0.316. The molecular formula is C14H19FO2. The van der Waals surface area contributed by atoms with Crippen molar-refractivity contribution in [2.75, 3.05) is 6.61 Å². The Labute approximate surface area is 102 Å². The fourth-order valence-corrected chi connectivity index (χ4v) is 1.66. The van der Waals surface area contributed by atoms with Crippen LogP contribution in [0.15, 0.2) is 24.3 Å². The maximum Gasteiger partial charge on any atom is 0.166 e. The zero-order chi connectivity index (χ0) is 12.7. The molecule has 0 heterocycles. The first-order valence-electron chi connectivity index (χ1n) is 6.08. The van der Waals surface area contributed by atoms with Gasteiger partial charge in [0.05, 0.1) is 0 Å². The van der Waals surface area contributed by atoms with Gasteiger partial charge in [-0.25, -0.2) is 4.39 Å². The Hall–Kier alpha value is -1.22. The van der Waals surface area contributed by atoms with Crippen molar-refractivity contribution < 1.29 is 13.9 Å². The molecule has 0 saturated carbocycles. The summed E-state index contributed by atoms with van der Waals surface area (Å²) >= 11 is 0. The molecule has 1 aromatic rings. The average Bonchev–Trinajstić information content (AvgIpc) is 2.30. The Morgan fingerprint density at radius 3 is 2.71 bits per heavy atom. The molecule has 0 bridgehead atoms. The van der Waals surface area contributed by atoms with Gasteiger partial charge in [-0.05, 0) is 30.5 Å². The summed E-state index contributed by atoms with van der Waals surface area (Å²) in [5.41, 5.74) is 0.608. The second kappa shape index (κ2) is 7.17. The molecule has 0 spiro atoms. The minimum atomic E-state index is -0.620. The van der Waals surface area contributed by atoms with Gasteiger partial charge in [-0.1, -0.05) is 26.0 Å². The number of ketones is 1.